The van der Waals surface area contributed by atoms with Crippen molar-refractivity contribution in [2.45, 2.75) is 32.2 Å². The molecule has 0 bridgehead atoms. The van der Waals surface area contributed by atoms with E-state index >= 15 is 0 Å². The standard InChI is InChI=1S/C19H22F2N2O2/c1-2-5-16(24)23-11-9-19(13-23)8-4-10-22(18(19)25)12-14-6-3-7-15(20)17(14)21/h2-3,6-7H,1,4-5,8-13H2/t19-/m1/s1. The van der Waals surface area contributed by atoms with Gasteiger partial charge in [-0.1, -0.05) is 18.2 Å². The van der Waals surface area contributed by atoms with E-state index in [0.29, 0.717) is 26.1 Å². The molecule has 3 rings (SSSR count). The highest BCUT2D eigenvalue weighted by molar-refractivity contribution is 5.86. The molecule has 1 aromatic rings. The molecule has 6 heteroatoms. The molecule has 1 spiro atoms. The molecule has 2 saturated heterocycles. The molecule has 2 aliphatic heterocycles. The van der Waals surface area contributed by atoms with Crippen LogP contribution in [0.1, 0.15) is 31.2 Å². The summed E-state index contributed by atoms with van der Waals surface area (Å²) in [7, 11) is 0. The zero-order valence-electron chi connectivity index (χ0n) is 14.1. The van der Waals surface area contributed by atoms with Crippen molar-refractivity contribution in [3.8, 4) is 0 Å². The zero-order chi connectivity index (χ0) is 18.0. The van der Waals surface area contributed by atoms with Crippen LogP contribution in [0, 0.1) is 17.0 Å². The molecule has 0 unspecified atom stereocenters. The summed E-state index contributed by atoms with van der Waals surface area (Å²) in [5.74, 6) is -1.88. The minimum atomic E-state index is -0.904. The highest BCUT2D eigenvalue weighted by atomic mass is 19.2. The lowest BCUT2D eigenvalue weighted by molar-refractivity contribution is -0.146. The maximum atomic E-state index is 13.9. The molecule has 1 atom stereocenters. The molecule has 0 radical (unpaired) electrons. The molecule has 0 aromatic heterocycles. The van der Waals surface area contributed by atoms with Crippen LogP contribution >= 0.6 is 0 Å². The van der Waals surface area contributed by atoms with E-state index in [1.165, 1.54) is 12.1 Å². The first-order valence-electron chi connectivity index (χ1n) is 8.58. The first kappa shape index (κ1) is 17.6. The summed E-state index contributed by atoms with van der Waals surface area (Å²) in [6, 6.07) is 4.02. The number of carbonyl (C=O) groups is 2. The first-order chi connectivity index (χ1) is 12.0. The van der Waals surface area contributed by atoms with Gasteiger partial charge < -0.3 is 9.80 Å². The first-order valence-corrected chi connectivity index (χ1v) is 8.58. The van der Waals surface area contributed by atoms with Gasteiger partial charge in [0.2, 0.25) is 11.8 Å². The normalized spacial score (nSPS) is 23.4. The summed E-state index contributed by atoms with van der Waals surface area (Å²) in [5.41, 5.74) is -0.401. The highest BCUT2D eigenvalue weighted by Crippen LogP contribution is 2.40. The average molecular weight is 348 g/mol. The lowest BCUT2D eigenvalue weighted by Crippen LogP contribution is -2.50. The molecular weight excluding hydrogens is 326 g/mol. The molecule has 25 heavy (non-hydrogen) atoms. The van der Waals surface area contributed by atoms with Crippen LogP contribution in [0.3, 0.4) is 0 Å². The van der Waals surface area contributed by atoms with Gasteiger partial charge in [-0.05, 0) is 25.3 Å². The monoisotopic (exact) mass is 348 g/mol. The van der Waals surface area contributed by atoms with E-state index in [1.807, 2.05) is 0 Å². The van der Waals surface area contributed by atoms with Crippen LogP contribution in [-0.2, 0) is 16.1 Å². The molecule has 134 valence electrons. The number of hydrogen-bond acceptors (Lipinski definition) is 2. The molecule has 0 saturated carbocycles. The average Bonchev–Trinajstić information content (AvgIpc) is 3.02. The summed E-state index contributed by atoms with van der Waals surface area (Å²) in [5, 5.41) is 0. The van der Waals surface area contributed by atoms with Gasteiger partial charge in [-0.3, -0.25) is 9.59 Å². The van der Waals surface area contributed by atoms with E-state index < -0.39 is 17.0 Å². The Morgan fingerprint density at radius 1 is 1.28 bits per heavy atom. The number of halogens is 2. The van der Waals surface area contributed by atoms with Crippen LogP contribution in [0.5, 0.6) is 0 Å². The summed E-state index contributed by atoms with van der Waals surface area (Å²) in [4.78, 5) is 28.4. The van der Waals surface area contributed by atoms with Gasteiger partial charge in [-0.25, -0.2) is 8.78 Å². The van der Waals surface area contributed by atoms with Gasteiger partial charge >= 0.3 is 0 Å². The van der Waals surface area contributed by atoms with E-state index in [-0.39, 0.29) is 30.3 Å². The molecule has 0 aliphatic carbocycles. The minimum absolute atomic E-state index is 0.0204. The van der Waals surface area contributed by atoms with Crippen molar-refractivity contribution >= 4 is 11.8 Å². The SMILES string of the molecule is C=CCC(=O)N1CC[C@]2(CCCN(Cc3cccc(F)c3F)C2=O)C1. The second-order valence-electron chi connectivity index (χ2n) is 6.88. The molecule has 2 amide bonds. The Labute approximate surface area is 146 Å². The largest absolute Gasteiger partial charge is 0.341 e. The second kappa shape index (κ2) is 6.94. The van der Waals surface area contributed by atoms with Gasteiger partial charge in [0, 0.05) is 38.2 Å². The predicted molar refractivity (Wildman–Crippen MR) is 89.5 cm³/mol. The van der Waals surface area contributed by atoms with Crippen LogP contribution in [0.25, 0.3) is 0 Å². The third-order valence-electron chi connectivity index (χ3n) is 5.24. The van der Waals surface area contributed by atoms with E-state index in [0.717, 1.165) is 18.9 Å². The van der Waals surface area contributed by atoms with Gasteiger partial charge in [0.05, 0.1) is 5.41 Å². The fourth-order valence-electron chi connectivity index (χ4n) is 3.90. The molecule has 2 fully saturated rings. The van der Waals surface area contributed by atoms with Crippen LogP contribution in [-0.4, -0.2) is 41.2 Å². The van der Waals surface area contributed by atoms with Crippen molar-refractivity contribution in [3.63, 3.8) is 0 Å². The zero-order valence-corrected chi connectivity index (χ0v) is 14.1. The molecule has 2 aliphatic rings. The number of piperidine rings is 1. The lowest BCUT2D eigenvalue weighted by Gasteiger charge is -2.39. The fraction of sp³-hybridized carbons (Fsp3) is 0.474. The Morgan fingerprint density at radius 3 is 2.84 bits per heavy atom. The van der Waals surface area contributed by atoms with E-state index in [4.69, 9.17) is 0 Å². The third kappa shape index (κ3) is 3.30. The minimum Gasteiger partial charge on any atom is -0.341 e. The van der Waals surface area contributed by atoms with E-state index in [9.17, 15) is 18.4 Å². The van der Waals surface area contributed by atoms with Crippen LogP contribution < -0.4 is 0 Å². The number of rotatable bonds is 4. The number of nitrogens with zero attached hydrogens (tertiary/aromatic N) is 2. The molecule has 0 N–H and O–H groups in total. The van der Waals surface area contributed by atoms with Crippen molar-refractivity contribution in [2.24, 2.45) is 5.41 Å². The molecular formula is C19H22F2N2O2. The van der Waals surface area contributed by atoms with E-state index in [1.54, 1.807) is 15.9 Å². The Hall–Kier alpha value is -2.24. The number of hydrogen-bond donors (Lipinski definition) is 0. The Balaban J connectivity index is 1.74. The van der Waals surface area contributed by atoms with Crippen LogP contribution in [0.4, 0.5) is 8.78 Å². The number of likely N-dealkylation sites (tertiary alicyclic amines) is 2. The summed E-state index contributed by atoms with van der Waals surface area (Å²) < 4.78 is 27.3. The summed E-state index contributed by atoms with van der Waals surface area (Å²) in [6.45, 7) is 5.12. The fourth-order valence-corrected chi connectivity index (χ4v) is 3.90. The maximum absolute atomic E-state index is 13.9. The van der Waals surface area contributed by atoms with Gasteiger partial charge in [0.25, 0.3) is 0 Å². The summed E-state index contributed by atoms with van der Waals surface area (Å²) in [6.07, 6.45) is 3.98. The number of carbonyl (C=O) groups excluding carboxylic acids is 2. The van der Waals surface area contributed by atoms with Crippen molar-refractivity contribution in [1.29, 1.82) is 0 Å². The number of benzene rings is 1. The van der Waals surface area contributed by atoms with Crippen LogP contribution in [0.2, 0.25) is 0 Å². The van der Waals surface area contributed by atoms with Crippen molar-refractivity contribution < 1.29 is 18.4 Å². The number of amides is 2. The van der Waals surface area contributed by atoms with Gasteiger partial charge in [-0.15, -0.1) is 6.58 Å². The Morgan fingerprint density at radius 2 is 2.08 bits per heavy atom. The Bertz CT molecular complexity index is 707. The Kier molecular flexibility index (Phi) is 4.88. The van der Waals surface area contributed by atoms with Gasteiger partial charge in [0.15, 0.2) is 11.6 Å². The predicted octanol–water partition coefficient (Wildman–Crippen LogP) is 2.88. The smallest absolute Gasteiger partial charge is 0.230 e. The maximum Gasteiger partial charge on any atom is 0.230 e. The molecule has 2 heterocycles. The third-order valence-corrected chi connectivity index (χ3v) is 5.24. The molecule has 1 aromatic carbocycles. The van der Waals surface area contributed by atoms with E-state index in [2.05, 4.69) is 6.58 Å². The topological polar surface area (TPSA) is 40.6 Å². The van der Waals surface area contributed by atoms with Crippen LogP contribution in [0.15, 0.2) is 30.9 Å². The summed E-state index contributed by atoms with van der Waals surface area (Å²) >= 11 is 0. The quantitative estimate of drug-likeness (QED) is 0.785. The highest BCUT2D eigenvalue weighted by Gasteiger charge is 2.49. The van der Waals surface area contributed by atoms with Crippen molar-refractivity contribution in [2.75, 3.05) is 19.6 Å². The van der Waals surface area contributed by atoms with Crippen molar-refractivity contribution in [3.05, 3.63) is 48.1 Å². The lowest BCUT2D eigenvalue weighted by atomic mass is 9.78. The van der Waals surface area contributed by atoms with Gasteiger partial charge in [-0.2, -0.15) is 0 Å². The van der Waals surface area contributed by atoms with Crippen molar-refractivity contribution in [1.82, 2.24) is 9.80 Å². The second-order valence-corrected chi connectivity index (χ2v) is 6.88. The molecule has 4 nitrogen and oxygen atoms in total. The van der Waals surface area contributed by atoms with Gasteiger partial charge in [0.1, 0.15) is 0 Å².